The molecule has 0 bridgehead atoms. The van der Waals surface area contributed by atoms with E-state index in [1.807, 2.05) is 42.5 Å². The van der Waals surface area contributed by atoms with Crippen molar-refractivity contribution in [3.63, 3.8) is 0 Å². The van der Waals surface area contributed by atoms with Gasteiger partial charge in [-0.05, 0) is 70.5 Å². The predicted octanol–water partition coefficient (Wildman–Crippen LogP) is 4.36. The number of nitriles is 1. The van der Waals surface area contributed by atoms with E-state index in [1.54, 1.807) is 0 Å². The summed E-state index contributed by atoms with van der Waals surface area (Å²) in [7, 11) is 0. The maximum Gasteiger partial charge on any atom is 0.260 e. The van der Waals surface area contributed by atoms with Gasteiger partial charge < -0.3 is 15.4 Å². The molecule has 1 aliphatic rings. The first-order valence-electron chi connectivity index (χ1n) is 8.43. The van der Waals surface area contributed by atoms with Crippen LogP contribution in [-0.4, -0.2) is 18.0 Å². The topological polar surface area (TPSA) is 74.2 Å². The number of carbonyl (C=O) groups is 1. The van der Waals surface area contributed by atoms with E-state index in [1.165, 1.54) is 17.3 Å². The Morgan fingerprint density at radius 3 is 2.78 bits per heavy atom. The summed E-state index contributed by atoms with van der Waals surface area (Å²) in [5.41, 5.74) is 2.96. The Morgan fingerprint density at radius 1 is 1.33 bits per heavy atom. The van der Waals surface area contributed by atoms with E-state index in [0.29, 0.717) is 10.7 Å². The molecule has 0 spiro atoms. The Kier molecular flexibility index (Phi) is 6.63. The molecule has 27 heavy (non-hydrogen) atoms. The summed E-state index contributed by atoms with van der Waals surface area (Å²) in [5, 5.41) is 14.9. The maximum absolute atomic E-state index is 12.3. The number of halogens is 1. The number of nitrogens with one attached hydrogen (secondary N) is 2. The van der Waals surface area contributed by atoms with Gasteiger partial charge >= 0.3 is 0 Å². The molecule has 1 heterocycles. The summed E-state index contributed by atoms with van der Waals surface area (Å²) in [4.78, 5) is 12.9. The lowest BCUT2D eigenvalue weighted by Gasteiger charge is -2.12. The van der Waals surface area contributed by atoms with Crippen LogP contribution in [0.2, 0.25) is 0 Å². The standard InChI is InChI=1S/C20H18IN3O2S/c1-2-13-3-6-15(7-4-13)23-20-24-19(25)18(27-20)12-14-5-8-17(16(21)11-14)26-10-9-22/h3-8,11-12,20,23H,2,10H2,1H3,(H,24,25)/b18-12-/t20-/m1/s1. The highest BCUT2D eigenvalue weighted by molar-refractivity contribution is 14.1. The summed E-state index contributed by atoms with van der Waals surface area (Å²) in [6.45, 7) is 2.14. The third-order valence-electron chi connectivity index (χ3n) is 3.94. The Balaban J connectivity index is 1.67. The Bertz CT molecular complexity index is 906. The van der Waals surface area contributed by atoms with E-state index in [2.05, 4.69) is 52.3 Å². The van der Waals surface area contributed by atoms with Crippen LogP contribution in [0.1, 0.15) is 18.1 Å². The van der Waals surface area contributed by atoms with E-state index < -0.39 is 0 Å². The summed E-state index contributed by atoms with van der Waals surface area (Å²) < 4.78 is 6.24. The monoisotopic (exact) mass is 491 g/mol. The lowest BCUT2D eigenvalue weighted by Crippen LogP contribution is -2.30. The highest BCUT2D eigenvalue weighted by Crippen LogP contribution is 2.31. The van der Waals surface area contributed by atoms with Gasteiger partial charge in [-0.3, -0.25) is 4.79 Å². The predicted molar refractivity (Wildman–Crippen MR) is 117 cm³/mol. The molecule has 1 atom stereocenters. The zero-order chi connectivity index (χ0) is 19.2. The fourth-order valence-corrected chi connectivity index (χ4v) is 4.22. The number of thioether (sulfide) groups is 1. The van der Waals surface area contributed by atoms with Crippen molar-refractivity contribution in [3.8, 4) is 11.8 Å². The van der Waals surface area contributed by atoms with Gasteiger partial charge in [0.2, 0.25) is 0 Å². The molecule has 138 valence electrons. The molecule has 2 N–H and O–H groups in total. The number of benzene rings is 2. The first-order chi connectivity index (χ1) is 13.1. The SMILES string of the molecule is CCc1ccc(N[C@@H]2NC(=O)/C(=C/c3ccc(OCC#N)c(I)c3)S2)cc1. The number of anilines is 1. The molecule has 2 aromatic rings. The van der Waals surface area contributed by atoms with Crippen LogP contribution in [0.25, 0.3) is 6.08 Å². The minimum Gasteiger partial charge on any atom is -0.478 e. The second-order valence-corrected chi connectivity index (χ2v) is 8.12. The zero-order valence-electron chi connectivity index (χ0n) is 14.7. The van der Waals surface area contributed by atoms with Crippen molar-refractivity contribution in [2.75, 3.05) is 11.9 Å². The molecule has 0 aliphatic carbocycles. The minimum absolute atomic E-state index is 0.0152. The van der Waals surface area contributed by atoms with Gasteiger partial charge in [0.05, 0.1) is 8.48 Å². The fourth-order valence-electron chi connectivity index (χ4n) is 2.54. The Morgan fingerprint density at radius 2 is 2.11 bits per heavy atom. The van der Waals surface area contributed by atoms with Gasteiger partial charge in [-0.1, -0.05) is 36.9 Å². The summed E-state index contributed by atoms with van der Waals surface area (Å²) >= 11 is 3.61. The maximum atomic E-state index is 12.3. The molecule has 1 fully saturated rings. The summed E-state index contributed by atoms with van der Waals surface area (Å²) in [6, 6.07) is 15.8. The minimum atomic E-state index is -0.200. The molecule has 2 aromatic carbocycles. The quantitative estimate of drug-likeness (QED) is 0.464. The molecule has 3 rings (SSSR count). The van der Waals surface area contributed by atoms with Crippen molar-refractivity contribution in [3.05, 3.63) is 62.1 Å². The number of amides is 1. The van der Waals surface area contributed by atoms with Crippen molar-refractivity contribution in [2.24, 2.45) is 0 Å². The smallest absolute Gasteiger partial charge is 0.260 e. The number of rotatable bonds is 6. The number of hydrogen-bond acceptors (Lipinski definition) is 5. The van der Waals surface area contributed by atoms with Crippen LogP contribution >= 0.6 is 34.4 Å². The van der Waals surface area contributed by atoms with E-state index in [9.17, 15) is 4.79 Å². The first kappa shape index (κ1) is 19.6. The number of nitrogens with zero attached hydrogens (tertiary/aromatic N) is 1. The number of carbonyl (C=O) groups excluding carboxylic acids is 1. The molecule has 1 saturated heterocycles. The molecular weight excluding hydrogens is 473 g/mol. The molecule has 0 aromatic heterocycles. The average molecular weight is 491 g/mol. The van der Waals surface area contributed by atoms with Crippen molar-refractivity contribution in [1.29, 1.82) is 5.26 Å². The van der Waals surface area contributed by atoms with Crippen LogP contribution in [-0.2, 0) is 11.2 Å². The molecule has 7 heteroatoms. The molecule has 0 radical (unpaired) electrons. The largest absolute Gasteiger partial charge is 0.478 e. The summed E-state index contributed by atoms with van der Waals surface area (Å²) in [6.07, 6.45) is 2.86. The lowest BCUT2D eigenvalue weighted by atomic mass is 10.1. The second kappa shape index (κ2) is 9.15. The van der Waals surface area contributed by atoms with E-state index in [-0.39, 0.29) is 18.0 Å². The van der Waals surface area contributed by atoms with E-state index in [0.717, 1.165) is 21.2 Å². The number of aryl methyl sites for hydroxylation is 1. The third-order valence-corrected chi connectivity index (χ3v) is 5.81. The molecule has 1 amide bonds. The molecule has 5 nitrogen and oxygen atoms in total. The fraction of sp³-hybridized carbons (Fsp3) is 0.200. The normalized spacial score (nSPS) is 17.4. The molecule has 0 unspecified atom stereocenters. The van der Waals surface area contributed by atoms with Gasteiger partial charge in [0.15, 0.2) is 12.1 Å². The van der Waals surface area contributed by atoms with Crippen LogP contribution in [0.15, 0.2) is 47.4 Å². The third kappa shape index (κ3) is 5.17. The van der Waals surface area contributed by atoms with Gasteiger partial charge in [0.25, 0.3) is 5.91 Å². The van der Waals surface area contributed by atoms with Gasteiger partial charge in [-0.2, -0.15) is 5.26 Å². The van der Waals surface area contributed by atoms with Gasteiger partial charge in [-0.25, -0.2) is 0 Å². The Hall–Kier alpha value is -2.18. The first-order valence-corrected chi connectivity index (χ1v) is 10.4. The van der Waals surface area contributed by atoms with Gasteiger partial charge in [0, 0.05) is 5.69 Å². The zero-order valence-corrected chi connectivity index (χ0v) is 17.6. The number of ether oxygens (including phenoxy) is 1. The van der Waals surface area contributed by atoms with Gasteiger partial charge in [-0.15, -0.1) is 0 Å². The van der Waals surface area contributed by atoms with Crippen molar-refractivity contribution < 1.29 is 9.53 Å². The lowest BCUT2D eigenvalue weighted by molar-refractivity contribution is -0.116. The van der Waals surface area contributed by atoms with Crippen molar-refractivity contribution in [1.82, 2.24) is 5.32 Å². The Labute approximate surface area is 176 Å². The van der Waals surface area contributed by atoms with E-state index >= 15 is 0 Å². The number of hydrogen-bond donors (Lipinski definition) is 2. The summed E-state index contributed by atoms with van der Waals surface area (Å²) in [5.74, 6) is 0.570. The molecule has 0 saturated carbocycles. The highest BCUT2D eigenvalue weighted by atomic mass is 127. The van der Waals surface area contributed by atoms with Crippen LogP contribution in [0.3, 0.4) is 0 Å². The molecule has 1 aliphatic heterocycles. The molecular formula is C20H18IN3O2S. The highest BCUT2D eigenvalue weighted by Gasteiger charge is 2.27. The van der Waals surface area contributed by atoms with Crippen molar-refractivity contribution in [2.45, 2.75) is 18.8 Å². The van der Waals surface area contributed by atoms with Crippen LogP contribution in [0.5, 0.6) is 5.75 Å². The second-order valence-electron chi connectivity index (χ2n) is 5.81. The average Bonchev–Trinajstić information content (AvgIpc) is 3.00. The van der Waals surface area contributed by atoms with Crippen molar-refractivity contribution >= 4 is 52.0 Å². The van der Waals surface area contributed by atoms with Crippen LogP contribution in [0.4, 0.5) is 5.69 Å². The van der Waals surface area contributed by atoms with Crippen LogP contribution < -0.4 is 15.4 Å². The van der Waals surface area contributed by atoms with Gasteiger partial charge in [0.1, 0.15) is 11.8 Å². The van der Waals surface area contributed by atoms with Crippen LogP contribution in [0, 0.1) is 14.9 Å². The van der Waals surface area contributed by atoms with E-state index in [4.69, 9.17) is 10.00 Å².